The molecule has 33 heavy (non-hydrogen) atoms. The highest BCUT2D eigenvalue weighted by Gasteiger charge is 2.32. The monoisotopic (exact) mass is 436 g/mol. The van der Waals surface area contributed by atoms with Crippen LogP contribution in [0, 0.1) is 0 Å². The Kier molecular flexibility index (Phi) is 6.01. The molecule has 7 heteroatoms. The zero-order valence-electron chi connectivity index (χ0n) is 18.1. The normalized spacial score (nSPS) is 15.4. The molecule has 1 fully saturated rings. The molecule has 1 aromatic carbocycles. The van der Waals surface area contributed by atoms with Crippen molar-refractivity contribution in [1.82, 2.24) is 24.8 Å². The zero-order chi connectivity index (χ0) is 22.5. The third-order valence-electron chi connectivity index (χ3n) is 5.76. The van der Waals surface area contributed by atoms with Crippen LogP contribution in [-0.2, 0) is 6.54 Å². The van der Waals surface area contributed by atoms with Gasteiger partial charge in [0.25, 0.3) is 5.91 Å². The molecule has 0 unspecified atom stereocenters. The summed E-state index contributed by atoms with van der Waals surface area (Å²) in [6.45, 7) is 1.36. The van der Waals surface area contributed by atoms with Crippen LogP contribution in [0.1, 0.15) is 40.5 Å². The molecule has 1 aliphatic rings. The third kappa shape index (κ3) is 4.72. The number of aromatic nitrogens is 4. The van der Waals surface area contributed by atoms with Crippen molar-refractivity contribution >= 4 is 11.6 Å². The van der Waals surface area contributed by atoms with Gasteiger partial charge in [-0.15, -0.1) is 0 Å². The summed E-state index contributed by atoms with van der Waals surface area (Å²) in [6.07, 6.45) is 8.88. The lowest BCUT2D eigenvalue weighted by molar-refractivity contribution is 0.0733. The predicted molar refractivity (Wildman–Crippen MR) is 126 cm³/mol. The fourth-order valence-electron chi connectivity index (χ4n) is 4.13. The van der Waals surface area contributed by atoms with E-state index >= 15 is 0 Å². The lowest BCUT2D eigenvalue weighted by Gasteiger charge is -2.25. The summed E-state index contributed by atoms with van der Waals surface area (Å²) in [7, 11) is 0. The number of nitrogens with one attached hydrogen (secondary N) is 1. The van der Waals surface area contributed by atoms with E-state index in [2.05, 4.69) is 20.3 Å². The summed E-state index contributed by atoms with van der Waals surface area (Å²) < 4.78 is 0. The highest BCUT2D eigenvalue weighted by atomic mass is 16.2. The molecule has 5 rings (SSSR count). The highest BCUT2D eigenvalue weighted by Crippen LogP contribution is 2.33. The lowest BCUT2D eigenvalue weighted by atomic mass is 10.1. The van der Waals surface area contributed by atoms with Crippen molar-refractivity contribution in [2.24, 2.45) is 0 Å². The molecule has 0 radical (unpaired) electrons. The maximum atomic E-state index is 13.4. The van der Waals surface area contributed by atoms with Gasteiger partial charge in [-0.25, -0.2) is 9.97 Å². The van der Waals surface area contributed by atoms with Crippen molar-refractivity contribution in [2.75, 3.05) is 11.9 Å². The molecule has 0 spiro atoms. The minimum atomic E-state index is -0.0741. The number of carbonyl (C=O) groups is 1. The van der Waals surface area contributed by atoms with Crippen molar-refractivity contribution in [3.8, 4) is 11.5 Å². The summed E-state index contributed by atoms with van der Waals surface area (Å²) in [5, 5.41) is 3.38. The molecule has 0 bridgehead atoms. The third-order valence-corrected chi connectivity index (χ3v) is 5.76. The molecule has 7 nitrogen and oxygen atoms in total. The van der Waals surface area contributed by atoms with Gasteiger partial charge in [0.05, 0.1) is 11.7 Å². The van der Waals surface area contributed by atoms with Gasteiger partial charge in [0.1, 0.15) is 5.69 Å². The van der Waals surface area contributed by atoms with Gasteiger partial charge in [-0.1, -0.05) is 18.2 Å². The maximum absolute atomic E-state index is 13.4. The minimum absolute atomic E-state index is 0.0144. The van der Waals surface area contributed by atoms with E-state index in [-0.39, 0.29) is 11.9 Å². The van der Waals surface area contributed by atoms with Crippen molar-refractivity contribution in [1.29, 1.82) is 0 Å². The maximum Gasteiger partial charge on any atom is 0.254 e. The van der Waals surface area contributed by atoms with Crippen LogP contribution in [0.25, 0.3) is 11.5 Å². The van der Waals surface area contributed by atoms with E-state index in [1.54, 1.807) is 18.6 Å². The minimum Gasteiger partial charge on any atom is -0.381 e. The molecule has 0 aliphatic carbocycles. The molecule has 1 amide bonds. The average molecular weight is 437 g/mol. The van der Waals surface area contributed by atoms with E-state index in [9.17, 15) is 4.79 Å². The highest BCUT2D eigenvalue weighted by molar-refractivity contribution is 5.95. The van der Waals surface area contributed by atoms with Gasteiger partial charge in [-0.3, -0.25) is 14.8 Å². The van der Waals surface area contributed by atoms with Crippen LogP contribution in [0.2, 0.25) is 0 Å². The largest absolute Gasteiger partial charge is 0.381 e. The summed E-state index contributed by atoms with van der Waals surface area (Å²) in [6, 6.07) is 19.1. The van der Waals surface area contributed by atoms with Gasteiger partial charge in [0, 0.05) is 49.1 Å². The molecule has 164 valence electrons. The number of pyridine rings is 2. The Hall–Kier alpha value is -4.13. The quantitative estimate of drug-likeness (QED) is 0.478. The number of likely N-dealkylation sites (tertiary alicyclic amines) is 1. The van der Waals surface area contributed by atoms with Gasteiger partial charge < -0.3 is 10.2 Å². The van der Waals surface area contributed by atoms with Crippen LogP contribution in [0.5, 0.6) is 0 Å². The molecule has 1 saturated heterocycles. The number of benzene rings is 1. The molecule has 4 aromatic rings. The van der Waals surface area contributed by atoms with Crippen molar-refractivity contribution in [2.45, 2.75) is 25.4 Å². The summed E-state index contributed by atoms with van der Waals surface area (Å²) in [5.41, 5.74) is 4.23. The number of carbonyl (C=O) groups excluding carboxylic acids is 1. The van der Waals surface area contributed by atoms with Crippen LogP contribution in [0.3, 0.4) is 0 Å². The molecule has 4 heterocycles. The Morgan fingerprint density at radius 1 is 1.00 bits per heavy atom. The van der Waals surface area contributed by atoms with Gasteiger partial charge in [0.2, 0.25) is 0 Å². The second-order valence-corrected chi connectivity index (χ2v) is 7.97. The van der Waals surface area contributed by atoms with Crippen molar-refractivity contribution in [3.63, 3.8) is 0 Å². The topological polar surface area (TPSA) is 83.9 Å². The van der Waals surface area contributed by atoms with E-state index in [1.165, 1.54) is 0 Å². The first-order valence-corrected chi connectivity index (χ1v) is 11.1. The van der Waals surface area contributed by atoms with Crippen molar-refractivity contribution in [3.05, 3.63) is 102 Å². The Bertz CT molecular complexity index is 1230. The van der Waals surface area contributed by atoms with E-state index in [0.29, 0.717) is 24.5 Å². The van der Waals surface area contributed by atoms with Gasteiger partial charge in [-0.2, -0.15) is 0 Å². The molecular formula is C26H24N6O. The van der Waals surface area contributed by atoms with Gasteiger partial charge >= 0.3 is 0 Å². The fraction of sp³-hybridized carbons (Fsp3) is 0.192. The van der Waals surface area contributed by atoms with E-state index in [0.717, 1.165) is 35.5 Å². The van der Waals surface area contributed by atoms with Crippen LogP contribution in [0.4, 0.5) is 5.69 Å². The summed E-state index contributed by atoms with van der Waals surface area (Å²) >= 11 is 0. The summed E-state index contributed by atoms with van der Waals surface area (Å²) in [4.78, 5) is 33.0. The average Bonchev–Trinajstić information content (AvgIpc) is 3.39. The molecule has 3 aromatic heterocycles. The van der Waals surface area contributed by atoms with Crippen LogP contribution in [-0.4, -0.2) is 37.3 Å². The first-order valence-electron chi connectivity index (χ1n) is 11.1. The fourth-order valence-corrected chi connectivity index (χ4v) is 4.13. The molecule has 1 aliphatic heterocycles. The van der Waals surface area contributed by atoms with Crippen LogP contribution < -0.4 is 5.32 Å². The number of rotatable bonds is 6. The van der Waals surface area contributed by atoms with E-state index in [4.69, 9.17) is 4.98 Å². The second kappa shape index (κ2) is 9.56. The first kappa shape index (κ1) is 20.8. The Labute approximate surface area is 192 Å². The number of hydrogen-bond donors (Lipinski definition) is 1. The molecule has 1 atom stereocenters. The molecule has 1 N–H and O–H groups in total. The number of amides is 1. The smallest absolute Gasteiger partial charge is 0.254 e. The first-order chi connectivity index (χ1) is 16.3. The lowest BCUT2D eigenvalue weighted by Crippen LogP contribution is -2.31. The number of nitrogens with zero attached hydrogens (tertiary/aromatic N) is 5. The van der Waals surface area contributed by atoms with Crippen LogP contribution >= 0.6 is 0 Å². The number of anilines is 1. The van der Waals surface area contributed by atoms with Crippen molar-refractivity contribution < 1.29 is 4.79 Å². The predicted octanol–water partition coefficient (Wildman–Crippen LogP) is 4.52. The Morgan fingerprint density at radius 2 is 1.97 bits per heavy atom. The Morgan fingerprint density at radius 3 is 2.82 bits per heavy atom. The zero-order valence-corrected chi connectivity index (χ0v) is 18.1. The summed E-state index contributed by atoms with van der Waals surface area (Å²) in [5.74, 6) is 0.592. The second-order valence-electron chi connectivity index (χ2n) is 7.97. The van der Waals surface area contributed by atoms with E-state index < -0.39 is 0 Å². The standard InChI is InChI=1S/C26H24N6O/c33-26(20-7-3-8-21(16-20)30-18-19-6-4-12-27-17-19)32-15-5-10-24(32)22-11-14-29-25(31-22)23-9-1-2-13-28-23/h1-4,6-9,11-14,16-17,24,30H,5,10,15,18H2/t24-/m1/s1. The SMILES string of the molecule is O=C(c1cccc(NCc2cccnc2)c1)N1CCC[C@@H]1c1ccnc(-c2ccccn2)n1. The van der Waals surface area contributed by atoms with Gasteiger partial charge in [-0.05, 0) is 60.9 Å². The van der Waals surface area contributed by atoms with E-state index in [1.807, 2.05) is 71.8 Å². The van der Waals surface area contributed by atoms with Gasteiger partial charge in [0.15, 0.2) is 5.82 Å². The molecule has 0 saturated carbocycles. The van der Waals surface area contributed by atoms with Crippen LogP contribution in [0.15, 0.2) is 85.5 Å². The molecular weight excluding hydrogens is 412 g/mol. The number of hydrogen-bond acceptors (Lipinski definition) is 6. The Balaban J connectivity index is 1.34.